The Hall–Kier alpha value is -4.04. The van der Waals surface area contributed by atoms with Gasteiger partial charge in [-0.05, 0) is 37.1 Å². The number of ether oxygens (including phenoxy) is 2. The molecule has 200 valence electrons. The van der Waals surface area contributed by atoms with Gasteiger partial charge in [-0.1, -0.05) is 6.07 Å². The Morgan fingerprint density at radius 2 is 1.92 bits per heavy atom. The maximum atomic E-state index is 13.6. The van der Waals surface area contributed by atoms with E-state index >= 15 is 0 Å². The van der Waals surface area contributed by atoms with Crippen molar-refractivity contribution in [2.75, 3.05) is 6.54 Å². The first-order chi connectivity index (χ1) is 17.9. The summed E-state index contributed by atoms with van der Waals surface area (Å²) in [7, 11) is 1.39. The van der Waals surface area contributed by atoms with Crippen molar-refractivity contribution in [3.63, 3.8) is 0 Å². The average molecular weight is 536 g/mol. The van der Waals surface area contributed by atoms with Gasteiger partial charge in [0.25, 0.3) is 5.69 Å². The van der Waals surface area contributed by atoms with E-state index in [-0.39, 0.29) is 42.8 Å². The van der Waals surface area contributed by atoms with Crippen LogP contribution in [0.15, 0.2) is 57.2 Å². The summed E-state index contributed by atoms with van der Waals surface area (Å²) in [5.41, 5.74) is -2.12. The molecule has 0 bridgehead atoms. The summed E-state index contributed by atoms with van der Waals surface area (Å²) >= 11 is 0. The van der Waals surface area contributed by atoms with Crippen LogP contribution in [0.2, 0.25) is 0 Å². The van der Waals surface area contributed by atoms with Crippen LogP contribution in [0, 0.1) is 5.82 Å². The number of aromatic amines is 1. The third-order valence-corrected chi connectivity index (χ3v) is 6.52. The molecule has 1 aromatic carbocycles. The molecule has 1 unspecified atom stereocenters. The normalized spacial score (nSPS) is 19.6. The molecular weight excluding hydrogens is 514 g/mol. The lowest BCUT2D eigenvalue weighted by Crippen LogP contribution is -2.57. The Kier molecular flexibility index (Phi) is 6.10. The van der Waals surface area contributed by atoms with E-state index in [0.717, 1.165) is 22.9 Å². The zero-order valence-corrected chi connectivity index (χ0v) is 20.0. The van der Waals surface area contributed by atoms with Crippen molar-refractivity contribution in [3.8, 4) is 11.5 Å². The summed E-state index contributed by atoms with van der Waals surface area (Å²) in [6.45, 7) is -0.0381. The van der Waals surface area contributed by atoms with E-state index in [1.54, 1.807) is 0 Å². The van der Waals surface area contributed by atoms with Gasteiger partial charge in [0.05, 0.1) is 24.0 Å². The summed E-state index contributed by atoms with van der Waals surface area (Å²) < 4.78 is 62.5. The van der Waals surface area contributed by atoms with Gasteiger partial charge < -0.3 is 14.6 Å². The highest BCUT2D eigenvalue weighted by Gasteiger charge is 2.53. The first-order valence-corrected chi connectivity index (χ1v) is 11.5. The van der Waals surface area contributed by atoms with Crippen LogP contribution in [0.3, 0.4) is 0 Å². The minimum atomic E-state index is -4.93. The number of aromatic nitrogens is 3. The molecule has 1 aliphatic carbocycles. The molecule has 2 aromatic heterocycles. The van der Waals surface area contributed by atoms with Crippen LogP contribution < -0.4 is 25.2 Å². The zero-order valence-electron chi connectivity index (χ0n) is 20.0. The first-order valence-electron chi connectivity index (χ1n) is 11.5. The molecule has 2 aliphatic rings. The third kappa shape index (κ3) is 5.04. The molecule has 1 saturated carbocycles. The predicted octanol–water partition coefficient (Wildman–Crippen LogP) is 3.01. The van der Waals surface area contributed by atoms with Gasteiger partial charge in [-0.2, -0.15) is 4.48 Å². The number of aliphatic imine (C=N–C) groups is 1. The molecule has 1 atom stereocenters. The molecule has 14 heteroatoms. The second-order valence-corrected chi connectivity index (χ2v) is 9.30. The largest absolute Gasteiger partial charge is 0.573 e. The summed E-state index contributed by atoms with van der Waals surface area (Å²) in [6.07, 6.45) is -2.64. The van der Waals surface area contributed by atoms with Gasteiger partial charge in [0, 0.05) is 19.5 Å². The van der Waals surface area contributed by atoms with Gasteiger partial charge >= 0.3 is 23.6 Å². The summed E-state index contributed by atoms with van der Waals surface area (Å²) in [6, 6.07) is 7.19. The minimum Gasteiger partial charge on any atom is -0.406 e. The lowest BCUT2D eigenvalue weighted by molar-refractivity contribution is -0.274. The number of hydrogen-bond acceptors (Lipinski definition) is 7. The number of aliphatic hydroxyl groups is 1. The molecule has 0 spiro atoms. The number of benzene rings is 1. The van der Waals surface area contributed by atoms with E-state index in [1.807, 2.05) is 0 Å². The molecule has 3 aromatic rings. The van der Waals surface area contributed by atoms with E-state index in [1.165, 1.54) is 31.3 Å². The molecular formula is C24H22F4N5O5+. The SMILES string of the molecule is Cn1c2c(c(=O)[nH]c1=O)[N+](CCC1(O)CC1)(Cc1ccc(F)cn1)C(Oc1cccc(OC(F)(F)F)c1)=N2. The van der Waals surface area contributed by atoms with Crippen LogP contribution in [0.1, 0.15) is 25.0 Å². The van der Waals surface area contributed by atoms with Crippen molar-refractivity contribution in [3.05, 3.63) is 74.9 Å². The maximum absolute atomic E-state index is 13.6. The summed E-state index contributed by atoms with van der Waals surface area (Å²) in [5.74, 6) is -1.23. The number of fused-ring (bicyclic) bond motifs is 1. The van der Waals surface area contributed by atoms with Crippen molar-refractivity contribution in [2.45, 2.75) is 37.8 Å². The van der Waals surface area contributed by atoms with Gasteiger partial charge in [0.15, 0.2) is 0 Å². The topological polar surface area (TPSA) is 119 Å². The van der Waals surface area contributed by atoms with Crippen LogP contribution in [-0.4, -0.2) is 44.2 Å². The number of halogens is 4. The van der Waals surface area contributed by atoms with Gasteiger partial charge in [-0.15, -0.1) is 18.2 Å². The lowest BCUT2D eigenvalue weighted by atomic mass is 10.1. The van der Waals surface area contributed by atoms with Gasteiger partial charge in [-0.25, -0.2) is 9.18 Å². The molecule has 0 radical (unpaired) electrons. The molecule has 3 heterocycles. The average Bonchev–Trinajstić information content (AvgIpc) is 3.49. The number of hydrogen-bond donors (Lipinski definition) is 2. The number of nitrogens with zero attached hydrogens (tertiary/aromatic N) is 4. The number of pyridine rings is 1. The molecule has 0 amide bonds. The van der Waals surface area contributed by atoms with Crippen molar-refractivity contribution >= 4 is 17.5 Å². The highest BCUT2D eigenvalue weighted by atomic mass is 19.4. The van der Waals surface area contributed by atoms with Gasteiger partial charge in [-0.3, -0.25) is 19.3 Å². The Morgan fingerprint density at radius 1 is 1.18 bits per heavy atom. The molecule has 5 rings (SSSR count). The number of nitrogens with one attached hydrogen (secondary N) is 1. The number of rotatable bonds is 7. The fraction of sp³-hybridized carbons (Fsp3) is 0.333. The van der Waals surface area contributed by atoms with Crippen molar-refractivity contribution in [2.24, 2.45) is 12.0 Å². The van der Waals surface area contributed by atoms with E-state index < -0.39 is 39.3 Å². The van der Waals surface area contributed by atoms with Gasteiger partial charge in [0.1, 0.15) is 23.9 Å². The Morgan fingerprint density at radius 3 is 2.58 bits per heavy atom. The van der Waals surface area contributed by atoms with Crippen molar-refractivity contribution in [1.82, 2.24) is 19.0 Å². The van der Waals surface area contributed by atoms with Crippen LogP contribution in [0.4, 0.5) is 29.1 Å². The summed E-state index contributed by atoms with van der Waals surface area (Å²) in [4.78, 5) is 36.3. The van der Waals surface area contributed by atoms with Crippen LogP contribution in [0.5, 0.6) is 11.5 Å². The minimum absolute atomic E-state index is 0.0140. The molecule has 1 fully saturated rings. The second-order valence-electron chi connectivity index (χ2n) is 9.30. The monoisotopic (exact) mass is 536 g/mol. The maximum Gasteiger partial charge on any atom is 0.573 e. The Labute approximate surface area is 212 Å². The standard InChI is InChI=1S/C24H21F4N5O5/c1-32-19-18(20(34)31-21(32)35)33(10-9-23(36)7-8-23,13-15-6-5-14(25)12-29-15)22(30-19)37-16-3-2-4-17(11-16)38-24(26,27)28/h2-6,11-12,36H,7-10,13H2,1H3/p+1. The van der Waals surface area contributed by atoms with Crippen molar-refractivity contribution < 1.29 is 32.1 Å². The Bertz CT molecular complexity index is 1530. The van der Waals surface area contributed by atoms with E-state index in [9.17, 15) is 32.3 Å². The third-order valence-electron chi connectivity index (χ3n) is 6.52. The van der Waals surface area contributed by atoms with Crippen LogP contribution in [-0.2, 0) is 13.6 Å². The zero-order chi connectivity index (χ0) is 27.3. The fourth-order valence-electron chi connectivity index (χ4n) is 4.35. The predicted molar refractivity (Wildman–Crippen MR) is 127 cm³/mol. The van der Waals surface area contributed by atoms with Gasteiger partial charge in [0.2, 0.25) is 5.82 Å². The first kappa shape index (κ1) is 25.6. The molecule has 1 aliphatic heterocycles. The fourth-order valence-corrected chi connectivity index (χ4v) is 4.35. The van der Waals surface area contributed by atoms with Crippen LogP contribution in [0.25, 0.3) is 0 Å². The number of alkyl halides is 3. The second kappa shape index (κ2) is 9.06. The smallest absolute Gasteiger partial charge is 0.406 e. The molecule has 0 saturated heterocycles. The van der Waals surface area contributed by atoms with E-state index in [0.29, 0.717) is 18.5 Å². The molecule has 38 heavy (non-hydrogen) atoms. The quantitative estimate of drug-likeness (QED) is 0.354. The van der Waals surface area contributed by atoms with Crippen molar-refractivity contribution in [1.29, 1.82) is 0 Å². The van der Waals surface area contributed by atoms with E-state index in [2.05, 4.69) is 19.7 Å². The summed E-state index contributed by atoms with van der Waals surface area (Å²) in [5, 5.41) is 10.6. The number of H-pyrrole nitrogens is 1. The number of quaternary nitrogens is 1. The van der Waals surface area contributed by atoms with E-state index in [4.69, 9.17) is 4.74 Å². The van der Waals surface area contributed by atoms with Crippen LogP contribution >= 0.6 is 0 Å². The highest BCUT2D eigenvalue weighted by molar-refractivity contribution is 5.97. The highest BCUT2D eigenvalue weighted by Crippen LogP contribution is 2.44. The lowest BCUT2D eigenvalue weighted by Gasteiger charge is -2.33. The number of amidine groups is 1. The molecule has 10 nitrogen and oxygen atoms in total. The molecule has 2 N–H and O–H groups in total. The Balaban J connectivity index is 1.64.